The monoisotopic (exact) mass is 499 g/mol. The second kappa shape index (κ2) is 10.7. The fraction of sp³-hybridized carbons (Fsp3) is 0.200. The summed E-state index contributed by atoms with van der Waals surface area (Å²) in [7, 11) is -3.81. The smallest absolute Gasteiger partial charge is 0.261 e. The highest BCUT2D eigenvalue weighted by Crippen LogP contribution is 2.20. The Morgan fingerprint density at radius 3 is 1.94 bits per heavy atom. The predicted molar refractivity (Wildman–Crippen MR) is 135 cm³/mol. The van der Waals surface area contributed by atoms with Crippen LogP contribution in [0.5, 0.6) is 0 Å². The second-order valence-corrected chi connectivity index (χ2v) is 10.3. The number of aryl methyl sites for hydroxylation is 1. The lowest BCUT2D eigenvalue weighted by Gasteiger charge is -2.22. The van der Waals surface area contributed by atoms with Crippen molar-refractivity contribution in [3.63, 3.8) is 0 Å². The molecule has 178 valence electrons. The van der Waals surface area contributed by atoms with Gasteiger partial charge in [0.1, 0.15) is 6.04 Å². The van der Waals surface area contributed by atoms with E-state index in [1.165, 1.54) is 24.3 Å². The van der Waals surface area contributed by atoms with Crippen molar-refractivity contribution in [2.75, 3.05) is 10.0 Å². The standard InChI is InChI=1S/C25H26ClN3O4S/c1-16(2)23(28-24(30)18-6-4-17(3)5-7-18)25(31)27-20-12-14-22(15-13-20)34(32,33)29-21-10-8-19(26)9-11-21/h4-16,23,29H,1-3H3,(H,27,31)(H,28,30)/t23-/m1/s1. The lowest BCUT2D eigenvalue weighted by molar-refractivity contribution is -0.118. The van der Waals surface area contributed by atoms with Crippen LogP contribution in [0.1, 0.15) is 29.8 Å². The van der Waals surface area contributed by atoms with Crippen LogP contribution in [0.4, 0.5) is 11.4 Å². The van der Waals surface area contributed by atoms with Gasteiger partial charge in [-0.3, -0.25) is 14.3 Å². The summed E-state index contributed by atoms with van der Waals surface area (Å²) >= 11 is 5.83. The van der Waals surface area contributed by atoms with E-state index in [4.69, 9.17) is 11.6 Å². The third-order valence-electron chi connectivity index (χ3n) is 5.08. The minimum atomic E-state index is -3.81. The van der Waals surface area contributed by atoms with Gasteiger partial charge in [0.2, 0.25) is 5.91 Å². The molecule has 0 unspecified atom stereocenters. The number of nitrogens with one attached hydrogen (secondary N) is 3. The fourth-order valence-corrected chi connectivity index (χ4v) is 4.32. The summed E-state index contributed by atoms with van der Waals surface area (Å²) in [6, 6.07) is 18.4. The molecule has 9 heteroatoms. The van der Waals surface area contributed by atoms with Gasteiger partial charge >= 0.3 is 0 Å². The van der Waals surface area contributed by atoms with Crippen LogP contribution in [0.15, 0.2) is 77.7 Å². The molecule has 0 radical (unpaired) electrons. The number of carbonyl (C=O) groups excluding carboxylic acids is 2. The zero-order valence-corrected chi connectivity index (χ0v) is 20.6. The molecule has 3 rings (SSSR count). The summed E-state index contributed by atoms with van der Waals surface area (Å²) in [5.41, 5.74) is 2.28. The summed E-state index contributed by atoms with van der Waals surface area (Å²) in [6.07, 6.45) is 0. The third kappa shape index (κ3) is 6.59. The van der Waals surface area contributed by atoms with Gasteiger partial charge in [-0.25, -0.2) is 8.42 Å². The number of anilines is 2. The number of benzene rings is 3. The van der Waals surface area contributed by atoms with Gasteiger partial charge in [0.05, 0.1) is 4.90 Å². The maximum Gasteiger partial charge on any atom is 0.261 e. The number of hydrogen-bond donors (Lipinski definition) is 3. The molecule has 3 N–H and O–H groups in total. The Hall–Kier alpha value is -3.36. The van der Waals surface area contributed by atoms with Crippen LogP contribution in [0.25, 0.3) is 0 Å². The zero-order valence-electron chi connectivity index (χ0n) is 19.0. The van der Waals surface area contributed by atoms with Crippen LogP contribution in [0.2, 0.25) is 5.02 Å². The third-order valence-corrected chi connectivity index (χ3v) is 6.73. The van der Waals surface area contributed by atoms with Crippen molar-refractivity contribution in [3.05, 3.63) is 88.9 Å². The Morgan fingerprint density at radius 2 is 1.38 bits per heavy atom. The number of sulfonamides is 1. The fourth-order valence-electron chi connectivity index (χ4n) is 3.13. The molecule has 0 fully saturated rings. The highest BCUT2D eigenvalue weighted by molar-refractivity contribution is 7.92. The van der Waals surface area contributed by atoms with Crippen LogP contribution in [-0.2, 0) is 14.8 Å². The summed E-state index contributed by atoms with van der Waals surface area (Å²) < 4.78 is 27.7. The Bertz CT molecular complexity index is 1260. The van der Waals surface area contributed by atoms with Crippen molar-refractivity contribution >= 4 is 44.8 Å². The van der Waals surface area contributed by atoms with Crippen molar-refractivity contribution in [1.82, 2.24) is 5.32 Å². The molecule has 1 atom stereocenters. The Kier molecular flexibility index (Phi) is 7.96. The quantitative estimate of drug-likeness (QED) is 0.412. The minimum absolute atomic E-state index is 0.0357. The normalized spacial score (nSPS) is 12.1. The van der Waals surface area contributed by atoms with Crippen molar-refractivity contribution in [2.24, 2.45) is 5.92 Å². The molecule has 0 aliphatic carbocycles. The molecular formula is C25H26ClN3O4S. The average molecular weight is 500 g/mol. The Labute approximate surface area is 204 Å². The first-order valence-corrected chi connectivity index (χ1v) is 12.5. The van der Waals surface area contributed by atoms with Crippen LogP contribution in [0.3, 0.4) is 0 Å². The molecule has 0 bridgehead atoms. The summed E-state index contributed by atoms with van der Waals surface area (Å²) in [5.74, 6) is -0.911. The van der Waals surface area contributed by atoms with E-state index in [1.54, 1.807) is 36.4 Å². The number of carbonyl (C=O) groups is 2. The SMILES string of the molecule is Cc1ccc(C(=O)N[C@@H](C(=O)Nc2ccc(S(=O)(=O)Nc3ccc(Cl)cc3)cc2)C(C)C)cc1. The topological polar surface area (TPSA) is 104 Å². The summed E-state index contributed by atoms with van der Waals surface area (Å²) in [4.78, 5) is 25.5. The number of rotatable bonds is 8. The van der Waals surface area contributed by atoms with Crippen LogP contribution < -0.4 is 15.4 Å². The number of amides is 2. The molecule has 0 saturated carbocycles. The molecule has 0 aliphatic heterocycles. The Balaban J connectivity index is 1.67. The van der Waals surface area contributed by atoms with E-state index in [0.29, 0.717) is 22.0 Å². The van der Waals surface area contributed by atoms with Gasteiger partial charge in [0.15, 0.2) is 0 Å². The molecule has 0 aliphatic rings. The van der Waals surface area contributed by atoms with Gasteiger partial charge in [-0.05, 0) is 73.5 Å². The van der Waals surface area contributed by atoms with E-state index in [0.717, 1.165) is 5.56 Å². The first-order chi connectivity index (χ1) is 16.0. The van der Waals surface area contributed by atoms with Gasteiger partial charge in [0, 0.05) is 22.0 Å². The first-order valence-electron chi connectivity index (χ1n) is 10.6. The molecule has 0 aromatic heterocycles. The van der Waals surface area contributed by atoms with Crippen LogP contribution >= 0.6 is 11.6 Å². The minimum Gasteiger partial charge on any atom is -0.340 e. The molecular weight excluding hydrogens is 474 g/mol. The lowest BCUT2D eigenvalue weighted by Crippen LogP contribution is -2.47. The van der Waals surface area contributed by atoms with Crippen molar-refractivity contribution in [3.8, 4) is 0 Å². The maximum atomic E-state index is 12.9. The van der Waals surface area contributed by atoms with E-state index in [9.17, 15) is 18.0 Å². The summed E-state index contributed by atoms with van der Waals surface area (Å²) in [6.45, 7) is 5.59. The predicted octanol–water partition coefficient (Wildman–Crippen LogP) is 4.84. The van der Waals surface area contributed by atoms with Crippen molar-refractivity contribution < 1.29 is 18.0 Å². The van der Waals surface area contributed by atoms with Crippen molar-refractivity contribution in [1.29, 1.82) is 0 Å². The van der Waals surface area contributed by atoms with E-state index in [-0.39, 0.29) is 16.7 Å². The molecule has 0 heterocycles. The zero-order chi connectivity index (χ0) is 24.9. The lowest BCUT2D eigenvalue weighted by atomic mass is 10.0. The van der Waals surface area contributed by atoms with Crippen LogP contribution in [0, 0.1) is 12.8 Å². The molecule has 3 aromatic rings. The van der Waals surface area contributed by atoms with E-state index < -0.39 is 22.0 Å². The Morgan fingerprint density at radius 1 is 0.824 bits per heavy atom. The molecule has 0 saturated heterocycles. The highest BCUT2D eigenvalue weighted by Gasteiger charge is 2.25. The van der Waals surface area contributed by atoms with Gasteiger partial charge in [-0.2, -0.15) is 0 Å². The van der Waals surface area contributed by atoms with E-state index in [2.05, 4.69) is 15.4 Å². The van der Waals surface area contributed by atoms with Crippen LogP contribution in [-0.4, -0.2) is 26.3 Å². The molecule has 34 heavy (non-hydrogen) atoms. The second-order valence-electron chi connectivity index (χ2n) is 8.19. The molecule has 0 spiro atoms. The highest BCUT2D eigenvalue weighted by atomic mass is 35.5. The maximum absolute atomic E-state index is 12.9. The first kappa shape index (κ1) is 25.3. The molecule has 2 amide bonds. The van der Waals surface area contributed by atoms with Gasteiger partial charge in [0.25, 0.3) is 15.9 Å². The van der Waals surface area contributed by atoms with Crippen molar-refractivity contribution in [2.45, 2.75) is 31.7 Å². The van der Waals surface area contributed by atoms with Gasteiger partial charge in [-0.1, -0.05) is 43.1 Å². The number of halogens is 1. The largest absolute Gasteiger partial charge is 0.340 e. The average Bonchev–Trinajstić information content (AvgIpc) is 2.79. The van der Waals surface area contributed by atoms with E-state index >= 15 is 0 Å². The van der Waals surface area contributed by atoms with Gasteiger partial charge in [-0.15, -0.1) is 0 Å². The van der Waals surface area contributed by atoms with E-state index in [1.807, 2.05) is 32.9 Å². The summed E-state index contributed by atoms with van der Waals surface area (Å²) in [5, 5.41) is 6.01. The van der Waals surface area contributed by atoms with Gasteiger partial charge < -0.3 is 10.6 Å². The molecule has 3 aromatic carbocycles. The number of hydrogen-bond acceptors (Lipinski definition) is 4. The molecule has 7 nitrogen and oxygen atoms in total.